The minimum Gasteiger partial charge on any atom is -0.379 e. The van der Waals surface area contributed by atoms with E-state index in [2.05, 4.69) is 21.3 Å². The summed E-state index contributed by atoms with van der Waals surface area (Å²) in [5.41, 5.74) is 0. The second-order valence-corrected chi connectivity index (χ2v) is 9.03. The molecule has 4 N–H and O–H groups in total. The summed E-state index contributed by atoms with van der Waals surface area (Å²) in [4.78, 5) is 47.9. The van der Waals surface area contributed by atoms with Gasteiger partial charge in [-0.15, -0.1) is 0 Å². The molecule has 34 heavy (non-hydrogen) atoms. The molecule has 10 nitrogen and oxygen atoms in total. The first-order chi connectivity index (χ1) is 16.1. The fraction of sp³-hybridized carbons (Fsp3) is 0.833. The standard InChI is InChI=1S/C24H46N4O6/c1-6-25-21(29)9-12-33-14-15-34-13-11-27-24(32)20(28-23(31)17-19(4)5)8-7-10-26-22(30)16-18(2)3/h18-20H,6-17H2,1-5H3,(H,25,29)(H,26,30)(H,27,32)(H,28,31). The van der Waals surface area contributed by atoms with Crippen LogP contribution in [0.1, 0.15) is 66.7 Å². The van der Waals surface area contributed by atoms with E-state index in [4.69, 9.17) is 9.47 Å². The van der Waals surface area contributed by atoms with Crippen molar-refractivity contribution >= 4 is 23.6 Å². The van der Waals surface area contributed by atoms with Gasteiger partial charge in [0.05, 0.1) is 26.4 Å². The Labute approximate surface area is 204 Å². The maximum Gasteiger partial charge on any atom is 0.242 e. The van der Waals surface area contributed by atoms with Gasteiger partial charge in [-0.2, -0.15) is 0 Å². The molecule has 0 aliphatic heterocycles. The van der Waals surface area contributed by atoms with E-state index in [1.54, 1.807) is 0 Å². The number of carbonyl (C=O) groups is 4. The van der Waals surface area contributed by atoms with Crippen molar-refractivity contribution < 1.29 is 28.7 Å². The average Bonchev–Trinajstić information content (AvgIpc) is 2.73. The van der Waals surface area contributed by atoms with Crippen molar-refractivity contribution in [1.29, 1.82) is 0 Å². The fourth-order valence-corrected chi connectivity index (χ4v) is 3.01. The van der Waals surface area contributed by atoms with E-state index < -0.39 is 6.04 Å². The maximum absolute atomic E-state index is 12.6. The highest BCUT2D eigenvalue weighted by Gasteiger charge is 2.20. The molecule has 0 aromatic rings. The molecule has 0 aliphatic rings. The van der Waals surface area contributed by atoms with Gasteiger partial charge in [0.2, 0.25) is 23.6 Å². The summed E-state index contributed by atoms with van der Waals surface area (Å²) in [6.07, 6.45) is 2.13. The van der Waals surface area contributed by atoms with Gasteiger partial charge in [0.25, 0.3) is 0 Å². The van der Waals surface area contributed by atoms with Gasteiger partial charge in [0.15, 0.2) is 0 Å². The molecule has 0 aliphatic carbocycles. The lowest BCUT2D eigenvalue weighted by molar-refractivity contribution is -0.129. The Bertz CT molecular complexity index is 598. The van der Waals surface area contributed by atoms with Crippen molar-refractivity contribution in [3.05, 3.63) is 0 Å². The first kappa shape index (κ1) is 31.8. The number of ether oxygens (including phenoxy) is 2. The van der Waals surface area contributed by atoms with Gasteiger partial charge in [0, 0.05) is 38.9 Å². The van der Waals surface area contributed by atoms with Crippen molar-refractivity contribution in [1.82, 2.24) is 21.3 Å². The van der Waals surface area contributed by atoms with Gasteiger partial charge in [0.1, 0.15) is 6.04 Å². The maximum atomic E-state index is 12.6. The van der Waals surface area contributed by atoms with E-state index in [0.717, 1.165) is 0 Å². The Morgan fingerprint density at radius 1 is 0.706 bits per heavy atom. The molecule has 0 fully saturated rings. The zero-order valence-corrected chi connectivity index (χ0v) is 21.7. The van der Waals surface area contributed by atoms with Crippen LogP contribution in [0.4, 0.5) is 0 Å². The smallest absolute Gasteiger partial charge is 0.242 e. The van der Waals surface area contributed by atoms with Crippen LogP contribution in [0.2, 0.25) is 0 Å². The van der Waals surface area contributed by atoms with Gasteiger partial charge >= 0.3 is 0 Å². The fourth-order valence-electron chi connectivity index (χ4n) is 3.01. The lowest BCUT2D eigenvalue weighted by Crippen LogP contribution is -2.48. The van der Waals surface area contributed by atoms with Crippen molar-refractivity contribution in [3.63, 3.8) is 0 Å². The van der Waals surface area contributed by atoms with Crippen molar-refractivity contribution in [2.45, 2.75) is 72.8 Å². The zero-order chi connectivity index (χ0) is 25.8. The molecule has 0 rings (SSSR count). The van der Waals surface area contributed by atoms with Crippen molar-refractivity contribution in [2.75, 3.05) is 46.1 Å². The van der Waals surface area contributed by atoms with Gasteiger partial charge in [-0.3, -0.25) is 19.2 Å². The number of hydrogen-bond donors (Lipinski definition) is 4. The normalized spacial score (nSPS) is 11.9. The Morgan fingerprint density at radius 3 is 1.94 bits per heavy atom. The van der Waals surface area contributed by atoms with Crippen LogP contribution in [0.3, 0.4) is 0 Å². The van der Waals surface area contributed by atoms with Crippen LogP contribution in [0.25, 0.3) is 0 Å². The van der Waals surface area contributed by atoms with Crippen LogP contribution in [0.5, 0.6) is 0 Å². The summed E-state index contributed by atoms with van der Waals surface area (Å²) in [7, 11) is 0. The molecule has 0 spiro atoms. The molecular formula is C24H46N4O6. The van der Waals surface area contributed by atoms with Crippen LogP contribution < -0.4 is 21.3 Å². The van der Waals surface area contributed by atoms with Crippen LogP contribution in [-0.4, -0.2) is 75.7 Å². The van der Waals surface area contributed by atoms with E-state index in [0.29, 0.717) is 78.2 Å². The second kappa shape index (κ2) is 20.2. The predicted molar refractivity (Wildman–Crippen MR) is 131 cm³/mol. The summed E-state index contributed by atoms with van der Waals surface area (Å²) in [6, 6.07) is -0.661. The Kier molecular flexibility index (Phi) is 18.9. The van der Waals surface area contributed by atoms with Crippen LogP contribution in [0.15, 0.2) is 0 Å². The quantitative estimate of drug-likeness (QED) is 0.191. The number of amides is 4. The molecular weight excluding hydrogens is 440 g/mol. The zero-order valence-electron chi connectivity index (χ0n) is 21.7. The summed E-state index contributed by atoms with van der Waals surface area (Å²) < 4.78 is 10.8. The number of carbonyl (C=O) groups excluding carboxylic acids is 4. The van der Waals surface area contributed by atoms with Gasteiger partial charge in [-0.1, -0.05) is 27.7 Å². The summed E-state index contributed by atoms with van der Waals surface area (Å²) in [5.74, 6) is -0.0117. The summed E-state index contributed by atoms with van der Waals surface area (Å²) >= 11 is 0. The molecule has 0 radical (unpaired) electrons. The van der Waals surface area contributed by atoms with E-state index in [1.807, 2.05) is 34.6 Å². The van der Waals surface area contributed by atoms with Crippen molar-refractivity contribution in [3.8, 4) is 0 Å². The molecule has 4 amide bonds. The monoisotopic (exact) mass is 486 g/mol. The van der Waals surface area contributed by atoms with Crippen LogP contribution in [-0.2, 0) is 28.7 Å². The van der Waals surface area contributed by atoms with E-state index in [1.165, 1.54) is 0 Å². The first-order valence-electron chi connectivity index (χ1n) is 12.4. The molecule has 0 heterocycles. The summed E-state index contributed by atoms with van der Waals surface area (Å²) in [6.45, 7) is 12.4. The van der Waals surface area contributed by atoms with Gasteiger partial charge in [-0.05, 0) is 31.6 Å². The molecule has 10 heteroatoms. The van der Waals surface area contributed by atoms with Gasteiger partial charge in [-0.25, -0.2) is 0 Å². The van der Waals surface area contributed by atoms with E-state index in [-0.39, 0.29) is 35.5 Å². The number of rotatable bonds is 20. The Morgan fingerprint density at radius 2 is 1.32 bits per heavy atom. The van der Waals surface area contributed by atoms with Crippen LogP contribution >= 0.6 is 0 Å². The molecule has 0 aromatic heterocycles. The third-order valence-corrected chi connectivity index (χ3v) is 4.60. The molecule has 1 atom stereocenters. The largest absolute Gasteiger partial charge is 0.379 e. The molecule has 0 saturated carbocycles. The SMILES string of the molecule is CCNC(=O)CCOCCOCCNC(=O)C(CCCNC(=O)CC(C)C)NC(=O)CC(C)C. The average molecular weight is 487 g/mol. The lowest BCUT2D eigenvalue weighted by atomic mass is 10.1. The Balaban J connectivity index is 4.22. The molecule has 198 valence electrons. The highest BCUT2D eigenvalue weighted by Crippen LogP contribution is 2.03. The van der Waals surface area contributed by atoms with E-state index >= 15 is 0 Å². The van der Waals surface area contributed by atoms with E-state index in [9.17, 15) is 19.2 Å². The first-order valence-corrected chi connectivity index (χ1v) is 12.4. The minimum absolute atomic E-state index is 0.00908. The van der Waals surface area contributed by atoms with Gasteiger partial charge < -0.3 is 30.7 Å². The second-order valence-electron chi connectivity index (χ2n) is 9.03. The number of nitrogens with one attached hydrogen (secondary N) is 4. The Hall–Kier alpha value is -2.20. The predicted octanol–water partition coefficient (Wildman–Crippen LogP) is 1.14. The minimum atomic E-state index is -0.661. The number of hydrogen-bond acceptors (Lipinski definition) is 6. The summed E-state index contributed by atoms with van der Waals surface area (Å²) in [5, 5.41) is 11.1. The highest BCUT2D eigenvalue weighted by molar-refractivity contribution is 5.87. The third-order valence-electron chi connectivity index (χ3n) is 4.60. The molecule has 0 bridgehead atoms. The van der Waals surface area contributed by atoms with Crippen molar-refractivity contribution in [2.24, 2.45) is 11.8 Å². The third kappa shape index (κ3) is 19.3. The molecule has 0 aromatic carbocycles. The molecule has 0 saturated heterocycles. The topological polar surface area (TPSA) is 135 Å². The lowest BCUT2D eigenvalue weighted by Gasteiger charge is -2.19. The van der Waals surface area contributed by atoms with Crippen LogP contribution in [0, 0.1) is 11.8 Å². The highest BCUT2D eigenvalue weighted by atomic mass is 16.5. The molecule has 1 unspecified atom stereocenters.